The largest absolute Gasteiger partial charge is 0.467 e. The molecule has 1 aromatic heterocycles. The van der Waals surface area contributed by atoms with Crippen molar-refractivity contribution < 1.29 is 23.1 Å². The van der Waals surface area contributed by atoms with Crippen LogP contribution in [0, 0.1) is 5.82 Å². The van der Waals surface area contributed by atoms with Gasteiger partial charge < -0.3 is 24.3 Å². The molecule has 1 atom stereocenters. The van der Waals surface area contributed by atoms with Gasteiger partial charge in [0.1, 0.15) is 18.1 Å². The van der Waals surface area contributed by atoms with Crippen LogP contribution >= 0.6 is 11.6 Å². The van der Waals surface area contributed by atoms with E-state index >= 15 is 0 Å². The van der Waals surface area contributed by atoms with E-state index in [0.717, 1.165) is 18.4 Å². The molecule has 0 bridgehead atoms. The summed E-state index contributed by atoms with van der Waals surface area (Å²) in [4.78, 5) is 29.7. The summed E-state index contributed by atoms with van der Waals surface area (Å²) in [7, 11) is 0. The fraction of sp³-hybridized carbons (Fsp3) is 0.308. The number of urea groups is 1. The van der Waals surface area contributed by atoms with E-state index in [-0.39, 0.29) is 44.0 Å². The maximum absolute atomic E-state index is 13.5. The van der Waals surface area contributed by atoms with Crippen molar-refractivity contribution in [2.24, 2.45) is 0 Å². The highest BCUT2D eigenvalue weighted by Gasteiger charge is 2.27. The number of ether oxygens (including phenoxy) is 1. The minimum absolute atomic E-state index is 0.130. The lowest BCUT2D eigenvalue weighted by Crippen LogP contribution is -2.46. The lowest BCUT2D eigenvalue weighted by molar-refractivity contribution is -0.133. The first-order valence-corrected chi connectivity index (χ1v) is 11.8. The second-order valence-corrected chi connectivity index (χ2v) is 8.84. The Morgan fingerprint density at radius 2 is 1.80 bits per heavy atom. The molecular weight excluding hydrogens is 473 g/mol. The summed E-state index contributed by atoms with van der Waals surface area (Å²) in [5, 5.41) is 3.39. The average molecular weight is 500 g/mol. The molecule has 184 valence electrons. The standard InChI is InChI=1S/C26H27ClFN3O4/c27-20-7-11-22(12-8-20)29-26(33)31(17-24-4-2-14-35-24)18-25(32)30(16-23-3-1-13-34-23)15-19-5-9-21(28)10-6-19/h1,3,5-13,24H,2,4,14-18H2,(H,29,33). The van der Waals surface area contributed by atoms with Gasteiger partial charge in [0.25, 0.3) is 0 Å². The molecule has 0 aliphatic carbocycles. The van der Waals surface area contributed by atoms with Crippen LogP contribution in [0.25, 0.3) is 0 Å². The number of furan rings is 1. The van der Waals surface area contributed by atoms with Gasteiger partial charge in [0.2, 0.25) is 5.91 Å². The number of benzene rings is 2. The van der Waals surface area contributed by atoms with Gasteiger partial charge in [-0.3, -0.25) is 4.79 Å². The van der Waals surface area contributed by atoms with E-state index in [2.05, 4.69) is 5.32 Å². The summed E-state index contributed by atoms with van der Waals surface area (Å²) in [6.45, 7) is 1.24. The summed E-state index contributed by atoms with van der Waals surface area (Å²) >= 11 is 5.94. The molecule has 1 fully saturated rings. The fourth-order valence-electron chi connectivity index (χ4n) is 3.89. The molecule has 0 spiro atoms. The molecule has 2 aromatic carbocycles. The second kappa shape index (κ2) is 11.9. The van der Waals surface area contributed by atoms with Crippen molar-refractivity contribution in [3.05, 3.63) is 89.1 Å². The van der Waals surface area contributed by atoms with Gasteiger partial charge in [-0.25, -0.2) is 9.18 Å². The first-order chi connectivity index (χ1) is 17.0. The van der Waals surface area contributed by atoms with E-state index in [9.17, 15) is 14.0 Å². The molecule has 0 saturated carbocycles. The lowest BCUT2D eigenvalue weighted by Gasteiger charge is -2.29. The molecule has 3 amide bonds. The van der Waals surface area contributed by atoms with Crippen LogP contribution in [0.15, 0.2) is 71.3 Å². The summed E-state index contributed by atoms with van der Waals surface area (Å²) in [6.07, 6.45) is 3.15. The number of hydrogen-bond donors (Lipinski definition) is 1. The molecule has 1 saturated heterocycles. The predicted octanol–water partition coefficient (Wildman–Crippen LogP) is 5.31. The van der Waals surface area contributed by atoms with Crippen molar-refractivity contribution in [1.82, 2.24) is 9.80 Å². The molecule has 35 heavy (non-hydrogen) atoms. The van der Waals surface area contributed by atoms with E-state index in [1.807, 2.05) is 0 Å². The van der Waals surface area contributed by atoms with Crippen molar-refractivity contribution in [3.8, 4) is 0 Å². The van der Waals surface area contributed by atoms with Gasteiger partial charge in [-0.2, -0.15) is 0 Å². The predicted molar refractivity (Wildman–Crippen MR) is 130 cm³/mol. The number of carbonyl (C=O) groups excluding carboxylic acids is 2. The molecular formula is C26H27ClFN3O4. The monoisotopic (exact) mass is 499 g/mol. The Hall–Kier alpha value is -3.36. The van der Waals surface area contributed by atoms with Gasteiger partial charge in [-0.15, -0.1) is 0 Å². The summed E-state index contributed by atoms with van der Waals surface area (Å²) < 4.78 is 24.5. The van der Waals surface area contributed by atoms with Gasteiger partial charge in [-0.1, -0.05) is 23.7 Å². The molecule has 4 rings (SSSR count). The van der Waals surface area contributed by atoms with Gasteiger partial charge in [0.05, 0.1) is 18.9 Å². The van der Waals surface area contributed by atoms with Crippen LogP contribution in [0.2, 0.25) is 5.02 Å². The SMILES string of the molecule is O=C(CN(CC1CCCO1)C(=O)Nc1ccc(Cl)cc1)N(Cc1ccc(F)cc1)Cc1ccco1. The minimum Gasteiger partial charge on any atom is -0.467 e. The molecule has 1 N–H and O–H groups in total. The van der Waals surface area contributed by atoms with E-state index in [1.165, 1.54) is 17.0 Å². The molecule has 3 aromatic rings. The van der Waals surface area contributed by atoms with Crippen molar-refractivity contribution in [1.29, 1.82) is 0 Å². The Morgan fingerprint density at radius 3 is 2.46 bits per heavy atom. The number of amides is 3. The second-order valence-electron chi connectivity index (χ2n) is 8.41. The fourth-order valence-corrected chi connectivity index (χ4v) is 4.01. The lowest BCUT2D eigenvalue weighted by atomic mass is 10.2. The van der Waals surface area contributed by atoms with E-state index in [0.29, 0.717) is 23.1 Å². The highest BCUT2D eigenvalue weighted by molar-refractivity contribution is 6.30. The highest BCUT2D eigenvalue weighted by Crippen LogP contribution is 2.18. The van der Waals surface area contributed by atoms with Crippen LogP contribution in [0.5, 0.6) is 0 Å². The number of hydrogen-bond acceptors (Lipinski definition) is 4. The Balaban J connectivity index is 1.50. The Morgan fingerprint density at radius 1 is 1.03 bits per heavy atom. The van der Waals surface area contributed by atoms with Gasteiger partial charge >= 0.3 is 6.03 Å². The third kappa shape index (κ3) is 7.31. The topological polar surface area (TPSA) is 75.0 Å². The van der Waals surface area contributed by atoms with Crippen LogP contribution in [-0.2, 0) is 22.6 Å². The van der Waals surface area contributed by atoms with E-state index in [1.54, 1.807) is 59.7 Å². The first kappa shape index (κ1) is 24.8. The molecule has 9 heteroatoms. The molecule has 1 aliphatic heterocycles. The van der Waals surface area contributed by atoms with E-state index < -0.39 is 6.03 Å². The Bertz CT molecular complexity index is 1100. The number of nitrogens with zero attached hydrogens (tertiary/aromatic N) is 2. The molecule has 7 nitrogen and oxygen atoms in total. The zero-order chi connectivity index (χ0) is 24.6. The number of anilines is 1. The van der Waals surface area contributed by atoms with Gasteiger partial charge in [0, 0.05) is 30.4 Å². The van der Waals surface area contributed by atoms with Gasteiger partial charge in [0.15, 0.2) is 0 Å². The zero-order valence-corrected chi connectivity index (χ0v) is 19.9. The van der Waals surface area contributed by atoms with Crippen LogP contribution in [0.4, 0.5) is 14.9 Å². The third-order valence-corrected chi connectivity index (χ3v) is 5.98. The van der Waals surface area contributed by atoms with Gasteiger partial charge in [-0.05, 0) is 66.9 Å². The quantitative estimate of drug-likeness (QED) is 0.432. The van der Waals surface area contributed by atoms with Crippen molar-refractivity contribution in [2.75, 3.05) is 25.0 Å². The van der Waals surface area contributed by atoms with Crippen LogP contribution in [0.3, 0.4) is 0 Å². The number of nitrogens with one attached hydrogen (secondary N) is 1. The maximum Gasteiger partial charge on any atom is 0.322 e. The molecule has 2 heterocycles. The average Bonchev–Trinajstić information content (AvgIpc) is 3.55. The zero-order valence-electron chi connectivity index (χ0n) is 19.2. The molecule has 1 aliphatic rings. The third-order valence-electron chi connectivity index (χ3n) is 5.72. The Labute approximate surface area is 208 Å². The van der Waals surface area contributed by atoms with E-state index in [4.69, 9.17) is 20.8 Å². The number of halogens is 2. The number of rotatable bonds is 9. The van der Waals surface area contributed by atoms with Crippen LogP contribution in [0.1, 0.15) is 24.2 Å². The molecule has 1 unspecified atom stereocenters. The summed E-state index contributed by atoms with van der Waals surface area (Å²) in [5.41, 5.74) is 1.34. The van der Waals surface area contributed by atoms with Crippen molar-refractivity contribution in [2.45, 2.75) is 32.0 Å². The van der Waals surface area contributed by atoms with Crippen LogP contribution < -0.4 is 5.32 Å². The summed E-state index contributed by atoms with van der Waals surface area (Å²) in [6, 6.07) is 15.9. The smallest absolute Gasteiger partial charge is 0.322 e. The normalized spacial score (nSPS) is 15.1. The Kier molecular flexibility index (Phi) is 8.39. The first-order valence-electron chi connectivity index (χ1n) is 11.4. The summed E-state index contributed by atoms with van der Waals surface area (Å²) in [5.74, 6) is -0.00833. The number of carbonyl (C=O) groups is 2. The maximum atomic E-state index is 13.5. The molecule has 0 radical (unpaired) electrons. The van der Waals surface area contributed by atoms with Crippen molar-refractivity contribution in [3.63, 3.8) is 0 Å². The van der Waals surface area contributed by atoms with Crippen LogP contribution in [-0.4, -0.2) is 47.5 Å². The van der Waals surface area contributed by atoms with Crippen molar-refractivity contribution >= 4 is 29.2 Å². The highest BCUT2D eigenvalue weighted by atomic mass is 35.5. The minimum atomic E-state index is -0.407.